The molecule has 1 aliphatic heterocycles. The van der Waals surface area contributed by atoms with Gasteiger partial charge in [0.2, 0.25) is 0 Å². The van der Waals surface area contributed by atoms with E-state index in [0.717, 1.165) is 24.5 Å². The van der Waals surface area contributed by atoms with Gasteiger partial charge in [-0.15, -0.1) is 5.10 Å². The summed E-state index contributed by atoms with van der Waals surface area (Å²) in [5, 5.41) is 21.6. The largest absolute Gasteiger partial charge is 0.392 e. The minimum absolute atomic E-state index is 0.0901. The molecule has 6 nitrogen and oxygen atoms in total. The van der Waals surface area contributed by atoms with Crippen LogP contribution in [0.25, 0.3) is 5.69 Å². The molecule has 0 radical (unpaired) electrons. The fourth-order valence-corrected chi connectivity index (χ4v) is 2.49. The smallest absolute Gasteiger partial charge is 0.173 e. The number of aliphatic hydroxyl groups is 1. The van der Waals surface area contributed by atoms with Crippen molar-refractivity contribution < 1.29 is 5.11 Å². The van der Waals surface area contributed by atoms with E-state index in [9.17, 15) is 5.11 Å². The fraction of sp³-hybridized carbons (Fsp3) is 0.462. The molecule has 100 valence electrons. The lowest BCUT2D eigenvalue weighted by Gasteiger charge is -2.22. The van der Waals surface area contributed by atoms with Crippen LogP contribution in [-0.4, -0.2) is 49.4 Å². The Morgan fingerprint density at radius 1 is 1.32 bits per heavy atom. The fourth-order valence-electron chi connectivity index (χ4n) is 2.49. The Balaban J connectivity index is 1.88. The predicted molar refractivity (Wildman–Crippen MR) is 69.8 cm³/mol. The van der Waals surface area contributed by atoms with Crippen molar-refractivity contribution in [1.82, 2.24) is 25.1 Å². The van der Waals surface area contributed by atoms with Crippen LogP contribution in [0, 0.1) is 0 Å². The van der Waals surface area contributed by atoms with Gasteiger partial charge in [0, 0.05) is 13.1 Å². The second-order valence-corrected chi connectivity index (χ2v) is 4.90. The summed E-state index contributed by atoms with van der Waals surface area (Å²) in [5.74, 6) is 0.806. The molecule has 2 heterocycles. The van der Waals surface area contributed by atoms with Crippen molar-refractivity contribution in [2.24, 2.45) is 0 Å². The number of aromatic nitrogens is 4. The highest BCUT2D eigenvalue weighted by atomic mass is 16.3. The molecule has 6 heteroatoms. The van der Waals surface area contributed by atoms with E-state index < -0.39 is 0 Å². The number of hydrogen-bond acceptors (Lipinski definition) is 5. The first-order chi connectivity index (χ1) is 9.25. The molecule has 0 aliphatic carbocycles. The maximum absolute atomic E-state index is 9.63. The number of hydrogen-bond donors (Lipinski definition) is 1. The molecule has 19 heavy (non-hydrogen) atoms. The molecule has 1 N–H and O–H groups in total. The lowest BCUT2D eigenvalue weighted by Crippen LogP contribution is -2.27. The predicted octanol–water partition coefficient (Wildman–Crippen LogP) is 0.790. The summed E-state index contributed by atoms with van der Waals surface area (Å²) in [5.41, 5.74) is 0.953. The second kappa shape index (κ2) is 5.07. The van der Waals surface area contributed by atoms with Crippen molar-refractivity contribution in [3.63, 3.8) is 0 Å². The topological polar surface area (TPSA) is 67.1 Å². The molecule has 0 amide bonds. The summed E-state index contributed by atoms with van der Waals surface area (Å²) in [6.07, 6.45) is 0.584. The third kappa shape index (κ3) is 2.36. The van der Waals surface area contributed by atoms with Crippen molar-refractivity contribution in [3.8, 4) is 5.69 Å². The Bertz CT molecular complexity index is 541. The first-order valence-electron chi connectivity index (χ1n) is 6.51. The van der Waals surface area contributed by atoms with E-state index in [1.54, 1.807) is 4.68 Å². The molecule has 1 aromatic carbocycles. The highest BCUT2D eigenvalue weighted by Gasteiger charge is 2.28. The van der Waals surface area contributed by atoms with Crippen molar-refractivity contribution in [3.05, 3.63) is 36.2 Å². The SMILES string of the molecule is CC(c1nnnn1-c1ccccc1)N1CC[C@H](O)C1. The summed E-state index contributed by atoms with van der Waals surface area (Å²) < 4.78 is 1.76. The lowest BCUT2D eigenvalue weighted by molar-refractivity contribution is 0.160. The standard InChI is InChI=1S/C13H17N5O/c1-10(17-8-7-12(19)9-17)13-14-15-16-18(13)11-5-3-2-4-6-11/h2-6,10,12,19H,7-9H2,1H3/t10?,12-/m0/s1. The molecule has 1 fully saturated rings. The zero-order chi connectivity index (χ0) is 13.2. The first kappa shape index (κ1) is 12.3. The van der Waals surface area contributed by atoms with Crippen LogP contribution in [0.1, 0.15) is 25.2 Å². The van der Waals surface area contributed by atoms with Gasteiger partial charge in [-0.25, -0.2) is 0 Å². The van der Waals surface area contributed by atoms with E-state index in [-0.39, 0.29) is 12.1 Å². The monoisotopic (exact) mass is 259 g/mol. The van der Waals surface area contributed by atoms with Gasteiger partial charge in [0.05, 0.1) is 17.8 Å². The van der Waals surface area contributed by atoms with Crippen LogP contribution in [0.4, 0.5) is 0 Å². The highest BCUT2D eigenvalue weighted by Crippen LogP contribution is 2.24. The number of benzene rings is 1. The molecule has 2 aromatic rings. The van der Waals surface area contributed by atoms with Crippen LogP contribution in [0.15, 0.2) is 30.3 Å². The number of para-hydroxylation sites is 1. The molecule has 1 saturated heterocycles. The molecular formula is C13H17N5O. The summed E-state index contributed by atoms with van der Waals surface area (Å²) in [6.45, 7) is 3.63. The van der Waals surface area contributed by atoms with E-state index in [4.69, 9.17) is 0 Å². The zero-order valence-electron chi connectivity index (χ0n) is 10.8. The lowest BCUT2D eigenvalue weighted by atomic mass is 10.2. The molecule has 1 aromatic heterocycles. The summed E-state index contributed by atoms with van der Waals surface area (Å²) in [6, 6.07) is 9.94. The number of rotatable bonds is 3. The van der Waals surface area contributed by atoms with E-state index in [0.29, 0.717) is 6.54 Å². The van der Waals surface area contributed by atoms with Crippen molar-refractivity contribution in [2.75, 3.05) is 13.1 Å². The van der Waals surface area contributed by atoms with E-state index in [1.807, 2.05) is 30.3 Å². The third-order valence-corrected chi connectivity index (χ3v) is 3.61. The highest BCUT2D eigenvalue weighted by molar-refractivity contribution is 5.30. The molecule has 1 unspecified atom stereocenters. The van der Waals surface area contributed by atoms with Crippen molar-refractivity contribution >= 4 is 0 Å². The number of nitrogens with zero attached hydrogens (tertiary/aromatic N) is 5. The van der Waals surface area contributed by atoms with Gasteiger partial charge < -0.3 is 5.11 Å². The number of tetrazole rings is 1. The van der Waals surface area contributed by atoms with Gasteiger partial charge in [-0.2, -0.15) is 4.68 Å². The van der Waals surface area contributed by atoms with E-state index >= 15 is 0 Å². The van der Waals surface area contributed by atoms with Gasteiger partial charge in [-0.05, 0) is 35.9 Å². The van der Waals surface area contributed by atoms with Crippen molar-refractivity contribution in [1.29, 1.82) is 0 Å². The first-order valence-corrected chi connectivity index (χ1v) is 6.51. The molecule has 3 rings (SSSR count). The van der Waals surface area contributed by atoms with Gasteiger partial charge >= 0.3 is 0 Å². The number of likely N-dealkylation sites (tertiary alicyclic amines) is 1. The average molecular weight is 259 g/mol. The Morgan fingerprint density at radius 2 is 2.11 bits per heavy atom. The van der Waals surface area contributed by atoms with E-state index in [2.05, 4.69) is 27.3 Å². The Morgan fingerprint density at radius 3 is 2.79 bits per heavy atom. The Hall–Kier alpha value is -1.79. The molecule has 0 bridgehead atoms. The molecule has 0 spiro atoms. The van der Waals surface area contributed by atoms with Crippen LogP contribution >= 0.6 is 0 Å². The zero-order valence-corrected chi connectivity index (χ0v) is 10.8. The second-order valence-electron chi connectivity index (χ2n) is 4.90. The van der Waals surface area contributed by atoms with Crippen LogP contribution in [0.3, 0.4) is 0 Å². The summed E-state index contributed by atoms with van der Waals surface area (Å²) >= 11 is 0. The summed E-state index contributed by atoms with van der Waals surface area (Å²) in [4.78, 5) is 2.20. The number of aliphatic hydroxyl groups excluding tert-OH is 1. The molecule has 2 atom stereocenters. The van der Waals surface area contributed by atoms with Crippen LogP contribution in [-0.2, 0) is 0 Å². The normalized spacial score (nSPS) is 21.7. The van der Waals surface area contributed by atoms with Gasteiger partial charge in [0.15, 0.2) is 5.82 Å². The number of β-amino-alcohol motifs (C(OH)–C–C–N with tert-alkyl or cyclic N) is 1. The maximum atomic E-state index is 9.63. The van der Waals surface area contributed by atoms with Crippen LogP contribution < -0.4 is 0 Å². The molecule has 0 saturated carbocycles. The minimum atomic E-state index is -0.233. The molecular weight excluding hydrogens is 242 g/mol. The third-order valence-electron chi connectivity index (χ3n) is 3.61. The summed E-state index contributed by atoms with van der Waals surface area (Å²) in [7, 11) is 0. The Labute approximate surface area is 111 Å². The molecule has 1 aliphatic rings. The quantitative estimate of drug-likeness (QED) is 0.882. The van der Waals surface area contributed by atoms with Crippen LogP contribution in [0.5, 0.6) is 0 Å². The average Bonchev–Trinajstić information content (AvgIpc) is 3.07. The Kier molecular flexibility index (Phi) is 3.27. The van der Waals surface area contributed by atoms with Crippen molar-refractivity contribution in [2.45, 2.75) is 25.5 Å². The van der Waals surface area contributed by atoms with Gasteiger partial charge in [0.25, 0.3) is 0 Å². The van der Waals surface area contributed by atoms with Gasteiger partial charge in [-0.3, -0.25) is 4.90 Å². The minimum Gasteiger partial charge on any atom is -0.392 e. The maximum Gasteiger partial charge on any atom is 0.173 e. The van der Waals surface area contributed by atoms with Crippen LogP contribution in [0.2, 0.25) is 0 Å². The van der Waals surface area contributed by atoms with Gasteiger partial charge in [-0.1, -0.05) is 18.2 Å². The van der Waals surface area contributed by atoms with E-state index in [1.165, 1.54) is 0 Å². The van der Waals surface area contributed by atoms with Gasteiger partial charge in [0.1, 0.15) is 0 Å².